The van der Waals surface area contributed by atoms with Gasteiger partial charge in [0, 0.05) is 12.1 Å². The third kappa shape index (κ3) is 2.01. The number of imidazole rings is 1. The van der Waals surface area contributed by atoms with Crippen LogP contribution in [-0.4, -0.2) is 9.97 Å². The summed E-state index contributed by atoms with van der Waals surface area (Å²) < 4.78 is 0. The zero-order valence-electron chi connectivity index (χ0n) is 10.6. The molecule has 0 aliphatic carbocycles. The van der Waals surface area contributed by atoms with Crippen molar-refractivity contribution in [3.63, 3.8) is 0 Å². The molecule has 0 spiro atoms. The molecule has 0 unspecified atom stereocenters. The Labute approximate surface area is 116 Å². The quantitative estimate of drug-likeness (QED) is 0.747. The lowest BCUT2D eigenvalue weighted by molar-refractivity contribution is 1.08. The fourth-order valence-corrected chi connectivity index (χ4v) is 2.43. The minimum atomic E-state index is 0.475. The van der Waals surface area contributed by atoms with E-state index in [1.54, 1.807) is 0 Å². The van der Waals surface area contributed by atoms with Crippen molar-refractivity contribution in [1.29, 1.82) is 0 Å². The Hall–Kier alpha value is -1.84. The molecule has 4 heteroatoms. The second kappa shape index (κ2) is 4.68. The first-order valence-electron chi connectivity index (χ1n) is 6.14. The minimum Gasteiger partial charge on any atom is -0.338 e. The predicted molar refractivity (Wildman–Crippen MR) is 79.2 cm³/mol. The van der Waals surface area contributed by atoms with E-state index in [1.807, 2.05) is 43.3 Å². The summed E-state index contributed by atoms with van der Waals surface area (Å²) in [5.74, 6) is 0.782. The van der Waals surface area contributed by atoms with E-state index in [9.17, 15) is 0 Å². The van der Waals surface area contributed by atoms with E-state index < -0.39 is 0 Å². The number of H-pyrrole nitrogens is 1. The van der Waals surface area contributed by atoms with E-state index in [0.717, 1.165) is 38.6 Å². The molecule has 1 heterocycles. The molecule has 0 radical (unpaired) electrons. The first-order valence-corrected chi connectivity index (χ1v) is 6.51. The Morgan fingerprint density at radius 2 is 2.00 bits per heavy atom. The average molecular weight is 272 g/mol. The Kier molecular flexibility index (Phi) is 3.01. The van der Waals surface area contributed by atoms with Crippen molar-refractivity contribution in [1.82, 2.24) is 9.97 Å². The highest BCUT2D eigenvalue weighted by molar-refractivity contribution is 6.34. The van der Waals surface area contributed by atoms with E-state index in [4.69, 9.17) is 17.3 Å². The van der Waals surface area contributed by atoms with E-state index in [2.05, 4.69) is 9.97 Å². The van der Waals surface area contributed by atoms with Crippen LogP contribution in [-0.2, 0) is 6.54 Å². The van der Waals surface area contributed by atoms with Crippen molar-refractivity contribution >= 4 is 22.6 Å². The summed E-state index contributed by atoms with van der Waals surface area (Å²) in [5.41, 5.74) is 10.6. The maximum atomic E-state index is 6.34. The lowest BCUT2D eigenvalue weighted by atomic mass is 10.1. The number of halogens is 1. The van der Waals surface area contributed by atoms with Gasteiger partial charge in [0.15, 0.2) is 0 Å². The average Bonchev–Trinajstić information content (AvgIpc) is 2.85. The Bertz CT molecular complexity index is 746. The van der Waals surface area contributed by atoms with Gasteiger partial charge in [-0.05, 0) is 30.2 Å². The molecule has 0 fully saturated rings. The third-order valence-electron chi connectivity index (χ3n) is 3.26. The number of benzene rings is 2. The Balaban J connectivity index is 2.24. The molecule has 0 aliphatic rings. The molecule has 0 saturated heterocycles. The smallest absolute Gasteiger partial charge is 0.140 e. The van der Waals surface area contributed by atoms with Crippen LogP contribution in [0.1, 0.15) is 11.1 Å². The molecule has 0 aliphatic heterocycles. The molecule has 1 aromatic heterocycles. The summed E-state index contributed by atoms with van der Waals surface area (Å²) >= 11 is 6.34. The summed E-state index contributed by atoms with van der Waals surface area (Å²) in [6.45, 7) is 2.46. The van der Waals surface area contributed by atoms with E-state index in [-0.39, 0.29) is 0 Å². The molecule has 0 atom stereocenters. The Morgan fingerprint density at radius 3 is 2.79 bits per heavy atom. The van der Waals surface area contributed by atoms with Gasteiger partial charge in [-0.3, -0.25) is 0 Å². The lowest BCUT2D eigenvalue weighted by Crippen LogP contribution is -1.96. The fourth-order valence-electron chi connectivity index (χ4n) is 2.21. The van der Waals surface area contributed by atoms with Gasteiger partial charge >= 0.3 is 0 Å². The number of aryl methyl sites for hydroxylation is 1. The molecular weight excluding hydrogens is 258 g/mol. The number of nitrogens with two attached hydrogens (primary N) is 1. The largest absolute Gasteiger partial charge is 0.338 e. The summed E-state index contributed by atoms with van der Waals surface area (Å²) in [6, 6.07) is 11.9. The van der Waals surface area contributed by atoms with Gasteiger partial charge in [-0.25, -0.2) is 4.98 Å². The van der Waals surface area contributed by atoms with Gasteiger partial charge in [0.05, 0.1) is 16.1 Å². The highest BCUT2D eigenvalue weighted by Crippen LogP contribution is 2.30. The predicted octanol–water partition coefficient (Wildman–Crippen LogP) is 3.65. The van der Waals surface area contributed by atoms with Crippen LogP contribution in [0.4, 0.5) is 0 Å². The number of rotatable bonds is 2. The number of aromatic amines is 1. The highest BCUT2D eigenvalue weighted by atomic mass is 35.5. The van der Waals surface area contributed by atoms with Crippen molar-refractivity contribution in [2.75, 3.05) is 0 Å². The van der Waals surface area contributed by atoms with Crippen LogP contribution in [0.2, 0.25) is 5.02 Å². The van der Waals surface area contributed by atoms with Gasteiger partial charge in [0.2, 0.25) is 0 Å². The van der Waals surface area contributed by atoms with E-state index in [0.29, 0.717) is 6.54 Å². The first-order chi connectivity index (χ1) is 9.20. The number of fused-ring (bicyclic) bond motifs is 1. The SMILES string of the molecule is Cc1cccc(-c2nc3c(CN)cccc3[nH]2)c1Cl. The number of nitrogens with one attached hydrogen (secondary N) is 1. The van der Waals surface area contributed by atoms with Crippen molar-refractivity contribution in [3.05, 3.63) is 52.5 Å². The summed E-state index contributed by atoms with van der Waals surface area (Å²) in [7, 11) is 0. The number of hydrogen-bond donors (Lipinski definition) is 2. The van der Waals surface area contributed by atoms with E-state index in [1.165, 1.54) is 0 Å². The van der Waals surface area contributed by atoms with Crippen LogP contribution in [0.3, 0.4) is 0 Å². The van der Waals surface area contributed by atoms with Gasteiger partial charge in [0.1, 0.15) is 5.82 Å². The van der Waals surface area contributed by atoms with Crippen molar-refractivity contribution in [2.24, 2.45) is 5.73 Å². The third-order valence-corrected chi connectivity index (χ3v) is 3.76. The summed E-state index contributed by atoms with van der Waals surface area (Å²) in [4.78, 5) is 7.94. The van der Waals surface area contributed by atoms with Crippen molar-refractivity contribution in [3.8, 4) is 11.4 Å². The lowest BCUT2D eigenvalue weighted by Gasteiger charge is -2.02. The molecule has 96 valence electrons. The van der Waals surface area contributed by atoms with Crippen LogP contribution in [0.25, 0.3) is 22.4 Å². The van der Waals surface area contributed by atoms with Crippen molar-refractivity contribution in [2.45, 2.75) is 13.5 Å². The zero-order valence-corrected chi connectivity index (χ0v) is 11.3. The van der Waals surface area contributed by atoms with Crippen LogP contribution >= 0.6 is 11.6 Å². The second-order valence-corrected chi connectivity index (χ2v) is 4.92. The number of para-hydroxylation sites is 1. The van der Waals surface area contributed by atoms with Crippen molar-refractivity contribution < 1.29 is 0 Å². The molecule has 0 bridgehead atoms. The molecule has 0 amide bonds. The standard InChI is InChI=1S/C15H14ClN3/c1-9-4-2-6-11(13(9)16)15-18-12-7-3-5-10(8-17)14(12)19-15/h2-7H,8,17H2,1H3,(H,18,19). The zero-order chi connectivity index (χ0) is 13.4. The highest BCUT2D eigenvalue weighted by Gasteiger charge is 2.11. The van der Waals surface area contributed by atoms with E-state index >= 15 is 0 Å². The number of nitrogens with zero attached hydrogens (tertiary/aromatic N) is 1. The number of aromatic nitrogens is 2. The molecule has 3 N–H and O–H groups in total. The van der Waals surface area contributed by atoms with Crippen LogP contribution in [0, 0.1) is 6.92 Å². The van der Waals surface area contributed by atoms with Gasteiger partial charge in [0.25, 0.3) is 0 Å². The molecule has 0 saturated carbocycles. The molecule has 3 aromatic rings. The number of hydrogen-bond acceptors (Lipinski definition) is 2. The topological polar surface area (TPSA) is 54.7 Å². The van der Waals surface area contributed by atoms with Crippen LogP contribution in [0.5, 0.6) is 0 Å². The van der Waals surface area contributed by atoms with Gasteiger partial charge < -0.3 is 10.7 Å². The molecule has 3 nitrogen and oxygen atoms in total. The maximum absolute atomic E-state index is 6.34. The molecule has 2 aromatic carbocycles. The van der Waals surface area contributed by atoms with Gasteiger partial charge in [-0.15, -0.1) is 0 Å². The minimum absolute atomic E-state index is 0.475. The Morgan fingerprint density at radius 1 is 1.21 bits per heavy atom. The molecular formula is C15H14ClN3. The van der Waals surface area contributed by atoms with Crippen LogP contribution in [0.15, 0.2) is 36.4 Å². The maximum Gasteiger partial charge on any atom is 0.140 e. The second-order valence-electron chi connectivity index (χ2n) is 4.54. The molecule has 3 rings (SSSR count). The first kappa shape index (κ1) is 12.2. The van der Waals surface area contributed by atoms with Crippen LogP contribution < -0.4 is 5.73 Å². The summed E-state index contributed by atoms with van der Waals surface area (Å²) in [5, 5.41) is 0.732. The normalized spacial score (nSPS) is 11.1. The fraction of sp³-hybridized carbons (Fsp3) is 0.133. The summed E-state index contributed by atoms with van der Waals surface area (Å²) in [6.07, 6.45) is 0. The monoisotopic (exact) mass is 271 g/mol. The van der Waals surface area contributed by atoms with Gasteiger partial charge in [-0.2, -0.15) is 0 Å². The van der Waals surface area contributed by atoms with Gasteiger partial charge in [-0.1, -0.05) is 35.9 Å². The molecule has 19 heavy (non-hydrogen) atoms.